The van der Waals surface area contributed by atoms with Crippen LogP contribution in [0.5, 0.6) is 5.75 Å². The molecule has 3 N–H and O–H groups in total. The number of hydrazone groups is 1. The lowest BCUT2D eigenvalue weighted by Gasteiger charge is -2.11. The summed E-state index contributed by atoms with van der Waals surface area (Å²) in [5.74, 6) is -1.74. The van der Waals surface area contributed by atoms with Gasteiger partial charge in [0.05, 0.1) is 24.6 Å². The van der Waals surface area contributed by atoms with Crippen molar-refractivity contribution in [2.75, 3.05) is 17.7 Å². The van der Waals surface area contributed by atoms with Gasteiger partial charge < -0.3 is 15.4 Å². The molecular formula is C23H19BrN4O4. The number of para-hydroxylation sites is 1. The molecule has 3 aromatic rings. The largest absolute Gasteiger partial charge is 0.497 e. The Bertz CT molecular complexity index is 1160. The third kappa shape index (κ3) is 6.26. The second-order valence-corrected chi connectivity index (χ2v) is 7.35. The monoisotopic (exact) mass is 494 g/mol. The number of anilines is 2. The van der Waals surface area contributed by atoms with E-state index >= 15 is 0 Å². The first-order chi connectivity index (χ1) is 15.5. The Hall–Kier alpha value is -3.98. The standard InChI is InChI=1S/C23H19BrN4O4/c1-32-18-6-4-5-15(13-18)14-25-28-23(31)22(30)27-20-8-3-2-7-19(20)21(29)26-17-11-9-16(24)10-12-17/h2-14H,1H3,(H,26,29)(H,27,30)(H,28,31). The summed E-state index contributed by atoms with van der Waals surface area (Å²) >= 11 is 3.33. The number of nitrogens with zero attached hydrogens (tertiary/aromatic N) is 1. The predicted molar refractivity (Wildman–Crippen MR) is 126 cm³/mol. The van der Waals surface area contributed by atoms with E-state index < -0.39 is 17.7 Å². The molecule has 0 unspecified atom stereocenters. The van der Waals surface area contributed by atoms with Crippen LogP contribution in [0.15, 0.2) is 82.4 Å². The minimum atomic E-state index is -0.979. The lowest BCUT2D eigenvalue weighted by Crippen LogP contribution is -2.33. The summed E-state index contributed by atoms with van der Waals surface area (Å²) in [6.45, 7) is 0. The maximum absolute atomic E-state index is 12.6. The van der Waals surface area contributed by atoms with Crippen molar-refractivity contribution < 1.29 is 19.1 Å². The van der Waals surface area contributed by atoms with Gasteiger partial charge in [0, 0.05) is 10.2 Å². The van der Waals surface area contributed by atoms with Crippen molar-refractivity contribution in [1.82, 2.24) is 5.43 Å². The Kier molecular flexibility index (Phi) is 7.71. The number of nitrogens with one attached hydrogen (secondary N) is 3. The summed E-state index contributed by atoms with van der Waals surface area (Å²) in [6, 6.07) is 20.4. The SMILES string of the molecule is COc1cccc(C=NNC(=O)C(=O)Nc2ccccc2C(=O)Nc2ccc(Br)cc2)c1. The zero-order valence-electron chi connectivity index (χ0n) is 17.0. The van der Waals surface area contributed by atoms with E-state index in [1.165, 1.54) is 12.3 Å². The Morgan fingerprint density at radius 1 is 0.906 bits per heavy atom. The van der Waals surface area contributed by atoms with Crippen LogP contribution in [-0.4, -0.2) is 31.0 Å². The molecule has 0 fully saturated rings. The van der Waals surface area contributed by atoms with Crippen LogP contribution in [0.1, 0.15) is 15.9 Å². The molecule has 0 atom stereocenters. The lowest BCUT2D eigenvalue weighted by molar-refractivity contribution is -0.136. The third-order valence-corrected chi connectivity index (χ3v) is 4.73. The van der Waals surface area contributed by atoms with Gasteiger partial charge in [0.15, 0.2) is 0 Å². The number of amides is 3. The quantitative estimate of drug-likeness (QED) is 0.275. The fourth-order valence-electron chi connectivity index (χ4n) is 2.64. The van der Waals surface area contributed by atoms with Gasteiger partial charge in [0.1, 0.15) is 5.75 Å². The van der Waals surface area contributed by atoms with Gasteiger partial charge in [-0.3, -0.25) is 14.4 Å². The van der Waals surface area contributed by atoms with Crippen molar-refractivity contribution in [3.05, 3.63) is 88.4 Å². The second kappa shape index (κ2) is 10.9. The van der Waals surface area contributed by atoms with Gasteiger partial charge in [-0.1, -0.05) is 40.2 Å². The molecule has 0 saturated carbocycles. The normalized spacial score (nSPS) is 10.4. The molecule has 162 valence electrons. The number of ether oxygens (including phenoxy) is 1. The molecule has 0 aliphatic heterocycles. The van der Waals surface area contributed by atoms with E-state index in [-0.39, 0.29) is 11.3 Å². The summed E-state index contributed by atoms with van der Waals surface area (Å²) in [4.78, 5) is 37.0. The van der Waals surface area contributed by atoms with Crippen molar-refractivity contribution in [1.29, 1.82) is 0 Å². The van der Waals surface area contributed by atoms with E-state index in [0.29, 0.717) is 17.0 Å². The van der Waals surface area contributed by atoms with E-state index in [1.807, 2.05) is 0 Å². The molecule has 3 aromatic carbocycles. The summed E-state index contributed by atoms with van der Waals surface area (Å²) in [5.41, 5.74) is 3.82. The third-order valence-electron chi connectivity index (χ3n) is 4.20. The van der Waals surface area contributed by atoms with Crippen LogP contribution in [0.2, 0.25) is 0 Å². The van der Waals surface area contributed by atoms with Crippen LogP contribution < -0.4 is 20.8 Å². The maximum Gasteiger partial charge on any atom is 0.329 e. The summed E-state index contributed by atoms with van der Waals surface area (Å²) in [6.07, 6.45) is 1.38. The fraction of sp³-hybridized carbons (Fsp3) is 0.0435. The molecule has 0 heterocycles. The van der Waals surface area contributed by atoms with E-state index in [1.54, 1.807) is 73.8 Å². The van der Waals surface area contributed by atoms with Crippen molar-refractivity contribution in [2.45, 2.75) is 0 Å². The first-order valence-corrected chi connectivity index (χ1v) is 10.2. The molecule has 0 radical (unpaired) electrons. The molecule has 0 bridgehead atoms. The molecule has 9 heteroatoms. The molecule has 0 spiro atoms. The summed E-state index contributed by atoms with van der Waals surface area (Å²) < 4.78 is 5.99. The molecule has 3 rings (SSSR count). The topological polar surface area (TPSA) is 109 Å². The molecule has 8 nitrogen and oxygen atoms in total. The number of hydrogen-bond donors (Lipinski definition) is 3. The Labute approximate surface area is 192 Å². The highest BCUT2D eigenvalue weighted by Crippen LogP contribution is 2.19. The smallest absolute Gasteiger partial charge is 0.329 e. The Balaban J connectivity index is 1.63. The van der Waals surface area contributed by atoms with E-state index in [9.17, 15) is 14.4 Å². The van der Waals surface area contributed by atoms with Gasteiger partial charge in [-0.05, 0) is 54.1 Å². The molecule has 32 heavy (non-hydrogen) atoms. The molecular weight excluding hydrogens is 476 g/mol. The van der Waals surface area contributed by atoms with Crippen LogP contribution in [-0.2, 0) is 9.59 Å². The highest BCUT2D eigenvalue weighted by atomic mass is 79.9. The minimum Gasteiger partial charge on any atom is -0.497 e. The van der Waals surface area contributed by atoms with Crippen LogP contribution in [0.25, 0.3) is 0 Å². The van der Waals surface area contributed by atoms with Crippen LogP contribution in [0, 0.1) is 0 Å². The van der Waals surface area contributed by atoms with Crippen LogP contribution in [0.3, 0.4) is 0 Å². The van der Waals surface area contributed by atoms with Gasteiger partial charge in [0.25, 0.3) is 5.91 Å². The average molecular weight is 495 g/mol. The van der Waals surface area contributed by atoms with Gasteiger partial charge in [-0.15, -0.1) is 0 Å². The Morgan fingerprint density at radius 2 is 1.66 bits per heavy atom. The van der Waals surface area contributed by atoms with Crippen LogP contribution in [0.4, 0.5) is 11.4 Å². The first-order valence-electron chi connectivity index (χ1n) is 9.40. The number of halogens is 1. The zero-order chi connectivity index (χ0) is 22.9. The summed E-state index contributed by atoms with van der Waals surface area (Å²) in [5, 5.41) is 8.96. The van der Waals surface area contributed by atoms with E-state index in [4.69, 9.17) is 4.74 Å². The number of hydrogen-bond acceptors (Lipinski definition) is 5. The molecule has 3 amide bonds. The van der Waals surface area contributed by atoms with Gasteiger partial charge in [-0.25, -0.2) is 5.43 Å². The minimum absolute atomic E-state index is 0.194. The van der Waals surface area contributed by atoms with E-state index in [2.05, 4.69) is 37.1 Å². The predicted octanol–water partition coefficient (Wildman–Crippen LogP) is 3.80. The maximum atomic E-state index is 12.6. The van der Waals surface area contributed by atoms with Gasteiger partial charge >= 0.3 is 11.8 Å². The fourth-order valence-corrected chi connectivity index (χ4v) is 2.90. The molecule has 0 aliphatic rings. The van der Waals surface area contributed by atoms with Gasteiger partial charge in [0.2, 0.25) is 0 Å². The van der Waals surface area contributed by atoms with Crippen molar-refractivity contribution >= 4 is 51.2 Å². The number of benzene rings is 3. The molecule has 0 aromatic heterocycles. The van der Waals surface area contributed by atoms with Gasteiger partial charge in [-0.2, -0.15) is 5.10 Å². The second-order valence-electron chi connectivity index (χ2n) is 6.44. The van der Waals surface area contributed by atoms with Crippen molar-refractivity contribution in [2.24, 2.45) is 5.10 Å². The van der Waals surface area contributed by atoms with E-state index in [0.717, 1.165) is 4.47 Å². The molecule has 0 saturated heterocycles. The number of rotatable bonds is 6. The summed E-state index contributed by atoms with van der Waals surface area (Å²) in [7, 11) is 1.54. The highest BCUT2D eigenvalue weighted by Gasteiger charge is 2.17. The zero-order valence-corrected chi connectivity index (χ0v) is 18.5. The first kappa shape index (κ1) is 22.7. The Morgan fingerprint density at radius 3 is 2.41 bits per heavy atom. The number of carbonyl (C=O) groups is 3. The number of methoxy groups -OCH3 is 1. The van der Waals surface area contributed by atoms with Crippen LogP contribution >= 0.6 is 15.9 Å². The highest BCUT2D eigenvalue weighted by molar-refractivity contribution is 9.10. The van der Waals surface area contributed by atoms with Crippen molar-refractivity contribution in [3.63, 3.8) is 0 Å². The molecule has 0 aliphatic carbocycles. The van der Waals surface area contributed by atoms with Crippen molar-refractivity contribution in [3.8, 4) is 5.75 Å². The number of carbonyl (C=O) groups excluding carboxylic acids is 3. The average Bonchev–Trinajstić information content (AvgIpc) is 2.81. The lowest BCUT2D eigenvalue weighted by atomic mass is 10.1.